The van der Waals surface area contributed by atoms with E-state index in [1.165, 1.54) is 7.11 Å². The summed E-state index contributed by atoms with van der Waals surface area (Å²) in [7, 11) is 1.35. The molecule has 0 fully saturated rings. The maximum Gasteiger partial charge on any atom is 0.326 e. The summed E-state index contributed by atoms with van der Waals surface area (Å²) < 4.78 is 4.79. The molecule has 0 aliphatic carbocycles. The van der Waals surface area contributed by atoms with Crippen molar-refractivity contribution < 1.29 is 24.2 Å². The highest BCUT2D eigenvalue weighted by Gasteiger charge is 2.33. The van der Waals surface area contributed by atoms with Gasteiger partial charge in [-0.3, -0.25) is 9.59 Å². The maximum atomic E-state index is 12.3. The molecule has 0 saturated heterocycles. The van der Waals surface area contributed by atoms with Crippen LogP contribution in [0.1, 0.15) is 24.2 Å². The molecule has 1 aromatic carbocycles. The van der Waals surface area contributed by atoms with Crippen LogP contribution in [0, 0.1) is 5.92 Å². The summed E-state index contributed by atoms with van der Waals surface area (Å²) in [5.74, 6) is -2.30. The molecule has 6 heteroatoms. The lowest BCUT2D eigenvalue weighted by Crippen LogP contribution is -2.51. The van der Waals surface area contributed by atoms with Crippen molar-refractivity contribution >= 4 is 17.7 Å². The molecular weight excluding hydrogens is 286 g/mol. The highest BCUT2D eigenvalue weighted by Crippen LogP contribution is 2.14. The average molecular weight is 307 g/mol. The maximum absolute atomic E-state index is 12.3. The van der Waals surface area contributed by atoms with Gasteiger partial charge in [-0.05, 0) is 5.92 Å². The van der Waals surface area contributed by atoms with Gasteiger partial charge in [0.25, 0.3) is 0 Å². The van der Waals surface area contributed by atoms with Crippen molar-refractivity contribution in [2.24, 2.45) is 5.92 Å². The lowest BCUT2D eigenvalue weighted by Gasteiger charge is -2.30. The molecule has 0 spiro atoms. The highest BCUT2D eigenvalue weighted by atomic mass is 16.5. The van der Waals surface area contributed by atoms with Gasteiger partial charge in [-0.25, -0.2) is 4.79 Å². The first kappa shape index (κ1) is 17.8. The Morgan fingerprint density at radius 1 is 1.18 bits per heavy atom. The number of benzene rings is 1. The summed E-state index contributed by atoms with van der Waals surface area (Å²) in [5, 5.41) is 9.37. The van der Waals surface area contributed by atoms with Crippen molar-refractivity contribution in [3.05, 3.63) is 35.9 Å². The van der Waals surface area contributed by atoms with Crippen molar-refractivity contribution in [3.8, 4) is 0 Å². The SMILES string of the molecule is COCC(=O)N(CC(=O)c1ccccc1)[C@@H](C(=O)O)C(C)C. The molecule has 0 aliphatic heterocycles. The second-order valence-electron chi connectivity index (χ2n) is 5.27. The number of Topliss-reactive ketones (excluding diaryl/α,β-unsaturated/α-hetero) is 1. The second-order valence-corrected chi connectivity index (χ2v) is 5.27. The molecule has 0 radical (unpaired) electrons. The Bertz CT molecular complexity index is 527. The number of aliphatic carboxylic acids is 1. The smallest absolute Gasteiger partial charge is 0.326 e. The van der Waals surface area contributed by atoms with E-state index in [2.05, 4.69) is 0 Å². The van der Waals surface area contributed by atoms with E-state index in [1.54, 1.807) is 44.2 Å². The Morgan fingerprint density at radius 2 is 1.77 bits per heavy atom. The molecule has 1 N–H and O–H groups in total. The Labute approximate surface area is 129 Å². The number of carbonyl (C=O) groups excluding carboxylic acids is 2. The van der Waals surface area contributed by atoms with Gasteiger partial charge in [0.05, 0.1) is 6.54 Å². The average Bonchev–Trinajstić information content (AvgIpc) is 2.46. The molecule has 1 aromatic rings. The van der Waals surface area contributed by atoms with E-state index < -0.39 is 17.9 Å². The van der Waals surface area contributed by atoms with Crippen molar-refractivity contribution in [1.82, 2.24) is 4.90 Å². The molecule has 22 heavy (non-hydrogen) atoms. The summed E-state index contributed by atoms with van der Waals surface area (Å²) in [6, 6.07) is 7.39. The van der Waals surface area contributed by atoms with Crippen LogP contribution in [0.5, 0.6) is 0 Å². The monoisotopic (exact) mass is 307 g/mol. The molecule has 120 valence electrons. The molecule has 0 bridgehead atoms. The molecular formula is C16H21NO5. The number of hydrogen-bond acceptors (Lipinski definition) is 4. The first-order valence-electron chi connectivity index (χ1n) is 6.98. The number of ether oxygens (including phenoxy) is 1. The molecule has 0 aromatic heterocycles. The van der Waals surface area contributed by atoms with Crippen LogP contribution in [0.4, 0.5) is 0 Å². The van der Waals surface area contributed by atoms with Crippen LogP contribution in [0.15, 0.2) is 30.3 Å². The van der Waals surface area contributed by atoms with E-state index in [0.29, 0.717) is 5.56 Å². The number of nitrogens with zero attached hydrogens (tertiary/aromatic N) is 1. The van der Waals surface area contributed by atoms with E-state index >= 15 is 0 Å². The largest absolute Gasteiger partial charge is 0.480 e. The van der Waals surface area contributed by atoms with Crippen LogP contribution in [-0.2, 0) is 14.3 Å². The molecule has 0 unspecified atom stereocenters. The van der Waals surface area contributed by atoms with E-state index in [-0.39, 0.29) is 24.9 Å². The molecule has 1 amide bonds. The highest BCUT2D eigenvalue weighted by molar-refractivity contribution is 6.00. The summed E-state index contributed by atoms with van der Waals surface area (Å²) in [4.78, 5) is 37.0. The van der Waals surface area contributed by atoms with E-state index in [4.69, 9.17) is 4.74 Å². The van der Waals surface area contributed by atoms with Crippen LogP contribution in [0.2, 0.25) is 0 Å². The van der Waals surface area contributed by atoms with Gasteiger partial charge in [0.2, 0.25) is 5.91 Å². The standard InChI is InChI=1S/C16H21NO5/c1-11(2)15(16(20)21)17(14(19)10-22-3)9-13(18)12-7-5-4-6-8-12/h4-8,11,15H,9-10H2,1-3H3,(H,20,21)/t15-/m1/s1. The molecule has 1 atom stereocenters. The van der Waals surface area contributed by atoms with Crippen molar-refractivity contribution in [2.45, 2.75) is 19.9 Å². The molecule has 0 saturated carbocycles. The van der Waals surface area contributed by atoms with E-state index in [9.17, 15) is 19.5 Å². The van der Waals surface area contributed by atoms with Crippen LogP contribution in [0.25, 0.3) is 0 Å². The zero-order valence-corrected chi connectivity index (χ0v) is 13.0. The Hall–Kier alpha value is -2.21. The normalized spacial score (nSPS) is 12.0. The summed E-state index contributed by atoms with van der Waals surface area (Å²) in [5.41, 5.74) is 0.436. The number of methoxy groups -OCH3 is 1. The fourth-order valence-electron chi connectivity index (χ4n) is 2.20. The van der Waals surface area contributed by atoms with E-state index in [1.807, 2.05) is 0 Å². The Balaban J connectivity index is 3.02. The van der Waals surface area contributed by atoms with Crippen LogP contribution >= 0.6 is 0 Å². The Morgan fingerprint density at radius 3 is 2.23 bits per heavy atom. The summed E-state index contributed by atoms with van der Waals surface area (Å²) in [6.07, 6.45) is 0. The number of hydrogen-bond donors (Lipinski definition) is 1. The van der Waals surface area contributed by atoms with Crippen molar-refractivity contribution in [2.75, 3.05) is 20.3 Å². The summed E-state index contributed by atoms with van der Waals surface area (Å²) >= 11 is 0. The minimum atomic E-state index is -1.14. The van der Waals surface area contributed by atoms with Gasteiger partial charge in [-0.1, -0.05) is 44.2 Å². The predicted octanol–water partition coefficient (Wildman–Crippen LogP) is 1.45. The zero-order valence-electron chi connectivity index (χ0n) is 13.0. The first-order chi connectivity index (χ1) is 10.4. The fraction of sp³-hybridized carbons (Fsp3) is 0.438. The number of carboxylic acids is 1. The fourth-order valence-corrected chi connectivity index (χ4v) is 2.20. The van der Waals surface area contributed by atoms with Crippen molar-refractivity contribution in [3.63, 3.8) is 0 Å². The minimum absolute atomic E-state index is 0.265. The number of carbonyl (C=O) groups is 3. The Kier molecular flexibility index (Phi) is 6.72. The van der Waals surface area contributed by atoms with Gasteiger partial charge in [-0.15, -0.1) is 0 Å². The minimum Gasteiger partial charge on any atom is -0.480 e. The van der Waals surface area contributed by atoms with E-state index in [0.717, 1.165) is 4.90 Å². The van der Waals surface area contributed by atoms with Crippen LogP contribution in [0.3, 0.4) is 0 Å². The predicted molar refractivity (Wildman–Crippen MR) is 80.6 cm³/mol. The number of amides is 1. The lowest BCUT2D eigenvalue weighted by atomic mass is 10.0. The van der Waals surface area contributed by atoms with Gasteiger partial charge in [0, 0.05) is 12.7 Å². The van der Waals surface area contributed by atoms with Gasteiger partial charge >= 0.3 is 5.97 Å². The van der Waals surface area contributed by atoms with Crippen LogP contribution < -0.4 is 0 Å². The second kappa shape index (κ2) is 8.29. The quantitative estimate of drug-likeness (QED) is 0.735. The van der Waals surface area contributed by atoms with Crippen LogP contribution in [-0.4, -0.2) is 54.0 Å². The van der Waals surface area contributed by atoms with Gasteiger partial charge in [0.15, 0.2) is 5.78 Å². The molecule has 6 nitrogen and oxygen atoms in total. The van der Waals surface area contributed by atoms with Crippen molar-refractivity contribution in [1.29, 1.82) is 0 Å². The van der Waals surface area contributed by atoms with Gasteiger partial charge < -0.3 is 14.7 Å². The number of ketones is 1. The van der Waals surface area contributed by atoms with Gasteiger partial charge in [-0.2, -0.15) is 0 Å². The number of carboxylic acid groups (broad SMARTS) is 1. The third kappa shape index (κ3) is 4.66. The van der Waals surface area contributed by atoms with Gasteiger partial charge in [0.1, 0.15) is 12.6 Å². The molecule has 0 aliphatic rings. The molecule has 1 rings (SSSR count). The first-order valence-corrected chi connectivity index (χ1v) is 6.98. The third-order valence-electron chi connectivity index (χ3n) is 3.22. The molecule has 0 heterocycles. The number of rotatable bonds is 8. The zero-order chi connectivity index (χ0) is 16.7. The lowest BCUT2D eigenvalue weighted by molar-refractivity contribution is -0.153. The third-order valence-corrected chi connectivity index (χ3v) is 3.22. The summed E-state index contributed by atoms with van der Waals surface area (Å²) in [6.45, 7) is 2.83. The topological polar surface area (TPSA) is 83.9 Å².